The predicted molar refractivity (Wildman–Crippen MR) is 117 cm³/mol. The molecule has 1 unspecified atom stereocenters. The van der Waals surface area contributed by atoms with Gasteiger partial charge in [0.25, 0.3) is 0 Å². The Morgan fingerprint density at radius 3 is 2.36 bits per heavy atom. The number of benzene rings is 2. The number of aromatic nitrogens is 3. The SMILES string of the molecule is O=S(=O)(CCc1ccc(C(F)(F)F)cc1)NCC(O)(Cn1cncn1)c1ccc(Cl)cc1Cl. The maximum Gasteiger partial charge on any atom is 0.416 e. The molecule has 0 amide bonds. The molecule has 1 aromatic heterocycles. The fourth-order valence-electron chi connectivity index (χ4n) is 3.10. The molecule has 0 bridgehead atoms. The number of aliphatic hydroxyl groups is 1. The van der Waals surface area contributed by atoms with Crippen LogP contribution in [-0.2, 0) is 34.8 Å². The smallest absolute Gasteiger partial charge is 0.382 e. The fourth-order valence-corrected chi connectivity index (χ4v) is 4.79. The first kappa shape index (κ1) is 25.4. The summed E-state index contributed by atoms with van der Waals surface area (Å²) in [7, 11) is -3.91. The number of aryl methyl sites for hydroxylation is 1. The standard InChI is InChI=1S/C20H19Cl2F3N4O3S/c21-16-5-6-17(18(22)9-16)19(30,11-29-13-26-12-27-29)10-28-33(31,32)8-7-14-1-3-15(4-2-14)20(23,24)25/h1-6,9,12-13,28,30H,7-8,10-11H2. The lowest BCUT2D eigenvalue weighted by Crippen LogP contribution is -2.44. The summed E-state index contributed by atoms with van der Waals surface area (Å²) in [6.45, 7) is -0.598. The van der Waals surface area contributed by atoms with Gasteiger partial charge >= 0.3 is 6.18 Å². The molecule has 0 fully saturated rings. The van der Waals surface area contributed by atoms with E-state index >= 15 is 0 Å². The molecule has 2 aromatic carbocycles. The van der Waals surface area contributed by atoms with Crippen LogP contribution in [0.25, 0.3) is 0 Å². The summed E-state index contributed by atoms with van der Waals surface area (Å²) in [5.74, 6) is -0.397. The van der Waals surface area contributed by atoms with Gasteiger partial charge in [0.15, 0.2) is 0 Å². The highest BCUT2D eigenvalue weighted by molar-refractivity contribution is 7.89. The highest BCUT2D eigenvalue weighted by atomic mass is 35.5. The van der Waals surface area contributed by atoms with Gasteiger partial charge in [-0.25, -0.2) is 22.8 Å². The van der Waals surface area contributed by atoms with E-state index in [4.69, 9.17) is 23.2 Å². The van der Waals surface area contributed by atoms with Crippen LogP contribution >= 0.6 is 23.2 Å². The summed E-state index contributed by atoms with van der Waals surface area (Å²) in [6, 6.07) is 8.67. The zero-order valence-corrected chi connectivity index (χ0v) is 19.3. The largest absolute Gasteiger partial charge is 0.416 e. The van der Waals surface area contributed by atoms with Crippen LogP contribution in [0.2, 0.25) is 10.0 Å². The normalized spacial score (nSPS) is 14.2. The number of rotatable bonds is 9. The molecule has 3 rings (SSSR count). The third-order valence-electron chi connectivity index (χ3n) is 4.85. The molecule has 0 saturated heterocycles. The van der Waals surface area contributed by atoms with Gasteiger partial charge in [0.05, 0.1) is 17.9 Å². The van der Waals surface area contributed by atoms with Crippen LogP contribution in [0.15, 0.2) is 55.1 Å². The predicted octanol–water partition coefficient (Wildman–Crippen LogP) is 3.65. The molecule has 1 atom stereocenters. The van der Waals surface area contributed by atoms with E-state index in [1.54, 1.807) is 0 Å². The van der Waals surface area contributed by atoms with Crippen LogP contribution in [-0.4, -0.2) is 40.6 Å². The molecule has 3 aromatic rings. The van der Waals surface area contributed by atoms with Crippen molar-refractivity contribution in [2.75, 3.05) is 12.3 Å². The molecule has 7 nitrogen and oxygen atoms in total. The van der Waals surface area contributed by atoms with Crippen LogP contribution in [0.3, 0.4) is 0 Å². The van der Waals surface area contributed by atoms with Gasteiger partial charge in [-0.05, 0) is 36.2 Å². The summed E-state index contributed by atoms with van der Waals surface area (Å²) >= 11 is 12.2. The Labute approximate surface area is 198 Å². The Bertz CT molecular complexity index is 1190. The Morgan fingerprint density at radius 2 is 1.79 bits per heavy atom. The molecule has 0 radical (unpaired) electrons. The van der Waals surface area contributed by atoms with Crippen LogP contribution < -0.4 is 4.72 Å². The number of hydrogen-bond donors (Lipinski definition) is 2. The zero-order valence-electron chi connectivity index (χ0n) is 16.9. The van der Waals surface area contributed by atoms with E-state index in [-0.39, 0.29) is 23.6 Å². The van der Waals surface area contributed by atoms with Gasteiger partial charge in [-0.3, -0.25) is 0 Å². The van der Waals surface area contributed by atoms with Crippen molar-refractivity contribution in [3.8, 4) is 0 Å². The monoisotopic (exact) mass is 522 g/mol. The molecular weight excluding hydrogens is 504 g/mol. The van der Waals surface area contributed by atoms with Crippen LogP contribution in [0.1, 0.15) is 16.7 Å². The van der Waals surface area contributed by atoms with E-state index in [1.807, 2.05) is 0 Å². The first-order valence-corrected chi connectivity index (χ1v) is 11.9. The van der Waals surface area contributed by atoms with E-state index < -0.39 is 39.7 Å². The van der Waals surface area contributed by atoms with Gasteiger partial charge in [0.2, 0.25) is 10.0 Å². The van der Waals surface area contributed by atoms with Crippen molar-refractivity contribution in [3.05, 3.63) is 81.9 Å². The summed E-state index contributed by atoms with van der Waals surface area (Å²) in [4.78, 5) is 3.81. The molecule has 0 aliphatic carbocycles. The van der Waals surface area contributed by atoms with Crippen molar-refractivity contribution < 1.29 is 26.7 Å². The van der Waals surface area contributed by atoms with E-state index in [0.717, 1.165) is 12.1 Å². The van der Waals surface area contributed by atoms with Gasteiger partial charge in [-0.15, -0.1) is 0 Å². The minimum atomic E-state index is -4.47. The molecular formula is C20H19Cl2F3N4O3S. The summed E-state index contributed by atoms with van der Waals surface area (Å²) in [5, 5.41) is 15.7. The maximum absolute atomic E-state index is 12.7. The van der Waals surface area contributed by atoms with Gasteiger partial charge in [-0.1, -0.05) is 41.4 Å². The molecule has 0 aliphatic rings. The molecule has 0 spiro atoms. The van der Waals surface area contributed by atoms with E-state index in [9.17, 15) is 26.7 Å². The lowest BCUT2D eigenvalue weighted by atomic mass is 9.94. The second-order valence-corrected chi connectivity index (χ2v) is 10.1. The molecule has 0 aliphatic heterocycles. The molecule has 178 valence electrons. The second-order valence-electron chi connectivity index (χ2n) is 7.33. The first-order chi connectivity index (χ1) is 15.4. The molecule has 1 heterocycles. The number of alkyl halides is 3. The van der Waals surface area contributed by atoms with Gasteiger partial charge < -0.3 is 5.11 Å². The minimum absolute atomic E-state index is 0.0172. The number of hydrogen-bond acceptors (Lipinski definition) is 5. The van der Waals surface area contributed by atoms with Crippen molar-refractivity contribution in [2.24, 2.45) is 0 Å². The quantitative estimate of drug-likeness (QED) is 0.447. The van der Waals surface area contributed by atoms with Crippen molar-refractivity contribution in [1.82, 2.24) is 19.5 Å². The van der Waals surface area contributed by atoms with Gasteiger partial charge in [0, 0.05) is 22.2 Å². The summed E-state index contributed by atoms with van der Waals surface area (Å²) < 4.78 is 66.8. The first-order valence-electron chi connectivity index (χ1n) is 9.52. The van der Waals surface area contributed by atoms with Gasteiger partial charge in [-0.2, -0.15) is 18.3 Å². The van der Waals surface area contributed by atoms with E-state index in [0.29, 0.717) is 10.6 Å². The Balaban J connectivity index is 1.72. The second kappa shape index (κ2) is 9.98. The topological polar surface area (TPSA) is 97.1 Å². The average Bonchev–Trinajstić information content (AvgIpc) is 3.23. The molecule has 0 saturated carbocycles. The fraction of sp³-hybridized carbons (Fsp3) is 0.300. The zero-order chi connectivity index (χ0) is 24.3. The third kappa shape index (κ3) is 6.90. The van der Waals surface area contributed by atoms with Crippen LogP contribution in [0, 0.1) is 0 Å². The van der Waals surface area contributed by atoms with Crippen molar-refractivity contribution >= 4 is 33.2 Å². The highest BCUT2D eigenvalue weighted by Crippen LogP contribution is 2.32. The lowest BCUT2D eigenvalue weighted by Gasteiger charge is -2.29. The average molecular weight is 523 g/mol. The van der Waals surface area contributed by atoms with Gasteiger partial charge in [0.1, 0.15) is 18.3 Å². The van der Waals surface area contributed by atoms with E-state index in [1.165, 1.54) is 47.7 Å². The van der Waals surface area contributed by atoms with Crippen molar-refractivity contribution in [3.63, 3.8) is 0 Å². The number of halogens is 5. The van der Waals surface area contributed by atoms with Crippen molar-refractivity contribution in [2.45, 2.75) is 24.7 Å². The number of nitrogens with one attached hydrogen (secondary N) is 1. The van der Waals surface area contributed by atoms with Crippen LogP contribution in [0.4, 0.5) is 13.2 Å². The molecule has 13 heteroatoms. The summed E-state index contributed by atoms with van der Waals surface area (Å²) in [5.41, 5.74) is -1.96. The molecule has 33 heavy (non-hydrogen) atoms. The number of nitrogens with zero attached hydrogens (tertiary/aromatic N) is 3. The molecule has 2 N–H and O–H groups in total. The van der Waals surface area contributed by atoms with Crippen molar-refractivity contribution in [1.29, 1.82) is 0 Å². The maximum atomic E-state index is 12.7. The Hall–Kier alpha value is -2.18. The third-order valence-corrected chi connectivity index (χ3v) is 6.72. The van der Waals surface area contributed by atoms with E-state index in [2.05, 4.69) is 14.8 Å². The Kier molecular flexibility index (Phi) is 7.69. The van der Waals surface area contributed by atoms with Crippen LogP contribution in [0.5, 0.6) is 0 Å². The Morgan fingerprint density at radius 1 is 1.09 bits per heavy atom. The summed E-state index contributed by atoms with van der Waals surface area (Å²) in [6.07, 6.45) is -1.87. The minimum Gasteiger partial charge on any atom is -0.382 e. The highest BCUT2D eigenvalue weighted by Gasteiger charge is 2.34. The lowest BCUT2D eigenvalue weighted by molar-refractivity contribution is -0.137. The number of sulfonamides is 1.